The Morgan fingerprint density at radius 2 is 1.94 bits per heavy atom. The summed E-state index contributed by atoms with van der Waals surface area (Å²) in [5.41, 5.74) is 4.81. The number of pyridine rings is 2. The number of fused-ring (bicyclic) bond motifs is 1. The van der Waals surface area contributed by atoms with Crippen LogP contribution in [0.15, 0.2) is 65.8 Å². The summed E-state index contributed by atoms with van der Waals surface area (Å²) in [7, 11) is 3.63. The van der Waals surface area contributed by atoms with Crippen molar-refractivity contribution in [1.82, 2.24) is 14.1 Å². The van der Waals surface area contributed by atoms with Gasteiger partial charge in [-0.25, -0.2) is 4.98 Å². The highest BCUT2D eigenvalue weighted by Crippen LogP contribution is 2.31. The fourth-order valence-electron chi connectivity index (χ4n) is 4.45. The summed E-state index contributed by atoms with van der Waals surface area (Å²) in [4.78, 5) is 20.0. The number of anilines is 1. The highest BCUT2D eigenvalue weighted by atomic mass is 16.5. The lowest BCUT2D eigenvalue weighted by Crippen LogP contribution is -2.36. The molecule has 0 aliphatic carbocycles. The summed E-state index contributed by atoms with van der Waals surface area (Å²) in [6, 6.07) is 13.7. The third-order valence-corrected chi connectivity index (χ3v) is 6.29. The normalized spacial score (nSPS) is 13.9. The van der Waals surface area contributed by atoms with Crippen LogP contribution in [0, 0.1) is 0 Å². The quantitative estimate of drug-likeness (QED) is 0.365. The van der Waals surface area contributed by atoms with E-state index in [1.54, 1.807) is 17.7 Å². The zero-order valence-electron chi connectivity index (χ0n) is 20.1. The summed E-state index contributed by atoms with van der Waals surface area (Å²) in [5, 5.41) is 1.04. The Balaban J connectivity index is 1.41. The fraction of sp³-hybridized carbons (Fsp3) is 0.333. The highest BCUT2D eigenvalue weighted by molar-refractivity contribution is 5.95. The third-order valence-electron chi connectivity index (χ3n) is 6.29. The van der Waals surface area contributed by atoms with Crippen LogP contribution >= 0.6 is 0 Å². The molecule has 0 amide bonds. The van der Waals surface area contributed by atoms with Gasteiger partial charge >= 0.3 is 0 Å². The van der Waals surface area contributed by atoms with Gasteiger partial charge in [-0.05, 0) is 35.4 Å². The lowest BCUT2D eigenvalue weighted by molar-refractivity contribution is 0.122. The molecule has 1 aliphatic rings. The van der Waals surface area contributed by atoms with E-state index in [9.17, 15) is 4.79 Å². The molecule has 0 unspecified atom stereocenters. The van der Waals surface area contributed by atoms with Crippen molar-refractivity contribution >= 4 is 16.7 Å². The Bertz CT molecular complexity index is 1370. The zero-order chi connectivity index (χ0) is 24.2. The topological polar surface area (TPSA) is 70.8 Å². The molecular weight excluding hydrogens is 444 g/mol. The third kappa shape index (κ3) is 5.08. The largest absolute Gasteiger partial charge is 0.491 e. The molecule has 8 heteroatoms. The van der Waals surface area contributed by atoms with Crippen LogP contribution in [0.2, 0.25) is 0 Å². The van der Waals surface area contributed by atoms with Crippen molar-refractivity contribution in [3.05, 3.63) is 77.0 Å². The van der Waals surface area contributed by atoms with Crippen molar-refractivity contribution in [2.24, 2.45) is 7.05 Å². The molecule has 1 aromatic carbocycles. The van der Waals surface area contributed by atoms with Gasteiger partial charge in [0, 0.05) is 56.7 Å². The summed E-state index contributed by atoms with van der Waals surface area (Å²) in [6.07, 6.45) is 5.82. The van der Waals surface area contributed by atoms with E-state index in [1.165, 1.54) is 0 Å². The second-order valence-electron chi connectivity index (χ2n) is 8.69. The van der Waals surface area contributed by atoms with E-state index in [1.807, 2.05) is 60.5 Å². The lowest BCUT2D eigenvalue weighted by Gasteiger charge is -2.28. The number of nitrogens with zero attached hydrogens (tertiary/aromatic N) is 4. The van der Waals surface area contributed by atoms with Gasteiger partial charge in [-0.15, -0.1) is 0 Å². The Morgan fingerprint density at radius 1 is 1.09 bits per heavy atom. The number of ether oxygens (including phenoxy) is 3. The average molecular weight is 475 g/mol. The first-order chi connectivity index (χ1) is 17.1. The van der Waals surface area contributed by atoms with Crippen LogP contribution in [-0.4, -0.2) is 60.7 Å². The van der Waals surface area contributed by atoms with Crippen LogP contribution in [0.1, 0.15) is 5.56 Å². The molecule has 0 atom stereocenters. The van der Waals surface area contributed by atoms with Crippen molar-refractivity contribution < 1.29 is 14.2 Å². The number of aryl methyl sites for hydroxylation is 1. The van der Waals surface area contributed by atoms with Crippen LogP contribution < -0.4 is 15.2 Å². The first kappa shape index (κ1) is 23.1. The van der Waals surface area contributed by atoms with Gasteiger partial charge in [0.2, 0.25) is 0 Å². The first-order valence-corrected chi connectivity index (χ1v) is 11.8. The van der Waals surface area contributed by atoms with E-state index in [2.05, 4.69) is 11.0 Å². The van der Waals surface area contributed by atoms with E-state index in [4.69, 9.17) is 19.2 Å². The molecule has 1 aliphatic heterocycles. The maximum absolute atomic E-state index is 13.0. The van der Waals surface area contributed by atoms with E-state index in [-0.39, 0.29) is 5.56 Å². The molecule has 5 rings (SSSR count). The second kappa shape index (κ2) is 10.3. The highest BCUT2D eigenvalue weighted by Gasteiger charge is 2.16. The van der Waals surface area contributed by atoms with Crippen LogP contribution in [0.3, 0.4) is 0 Å². The Kier molecular flexibility index (Phi) is 6.83. The van der Waals surface area contributed by atoms with Gasteiger partial charge in [-0.3, -0.25) is 4.79 Å². The van der Waals surface area contributed by atoms with Gasteiger partial charge in [0.1, 0.15) is 18.0 Å². The molecule has 0 radical (unpaired) electrons. The molecular formula is C27H30N4O4. The molecule has 182 valence electrons. The van der Waals surface area contributed by atoms with E-state index >= 15 is 0 Å². The standard InChI is InChI=1S/C27H30N4O4/c1-29-19-25(24-16-22(17-28-27(24)29)30-8-10-34-11-9-30)21-6-7-31(26(32)15-21)18-20-4-3-5-23(14-20)35-13-12-33-2/h3-7,14-17,19H,8-13,18H2,1-2H3. The number of hydrogen-bond acceptors (Lipinski definition) is 6. The van der Waals surface area contributed by atoms with Gasteiger partial charge in [-0.2, -0.15) is 0 Å². The Morgan fingerprint density at radius 3 is 2.74 bits per heavy atom. The van der Waals surface area contributed by atoms with E-state index in [0.29, 0.717) is 19.8 Å². The number of rotatable bonds is 8. The van der Waals surface area contributed by atoms with E-state index < -0.39 is 0 Å². The summed E-state index contributed by atoms with van der Waals surface area (Å²) in [5.74, 6) is 0.767. The smallest absolute Gasteiger partial charge is 0.251 e. The number of morpholine rings is 1. The van der Waals surface area contributed by atoms with Gasteiger partial charge in [0.05, 0.1) is 38.2 Å². The molecule has 35 heavy (non-hydrogen) atoms. The van der Waals surface area contributed by atoms with Gasteiger partial charge < -0.3 is 28.2 Å². The molecule has 4 heterocycles. The molecule has 1 saturated heterocycles. The molecule has 0 N–H and O–H groups in total. The van der Waals surface area contributed by atoms with Gasteiger partial charge in [0.15, 0.2) is 0 Å². The van der Waals surface area contributed by atoms with Crippen LogP contribution in [0.25, 0.3) is 22.2 Å². The monoisotopic (exact) mass is 474 g/mol. The predicted molar refractivity (Wildman–Crippen MR) is 136 cm³/mol. The van der Waals surface area contributed by atoms with Crippen LogP contribution in [0.5, 0.6) is 5.75 Å². The van der Waals surface area contributed by atoms with Gasteiger partial charge in [0.25, 0.3) is 5.56 Å². The maximum Gasteiger partial charge on any atom is 0.251 e. The van der Waals surface area contributed by atoms with Crippen molar-refractivity contribution in [2.75, 3.05) is 51.5 Å². The summed E-state index contributed by atoms with van der Waals surface area (Å²) >= 11 is 0. The van der Waals surface area contributed by atoms with Crippen LogP contribution in [0.4, 0.5) is 5.69 Å². The fourth-order valence-corrected chi connectivity index (χ4v) is 4.45. The predicted octanol–water partition coefficient (Wildman–Crippen LogP) is 3.31. The van der Waals surface area contributed by atoms with Crippen LogP contribution in [-0.2, 0) is 23.1 Å². The number of benzene rings is 1. The van der Waals surface area contributed by atoms with Gasteiger partial charge in [-0.1, -0.05) is 12.1 Å². The minimum atomic E-state index is -0.0532. The Labute approximate surface area is 204 Å². The number of methoxy groups -OCH3 is 1. The first-order valence-electron chi connectivity index (χ1n) is 11.8. The van der Waals surface area contributed by atoms with E-state index in [0.717, 1.165) is 65.5 Å². The summed E-state index contributed by atoms with van der Waals surface area (Å²) < 4.78 is 19.9. The average Bonchev–Trinajstić information content (AvgIpc) is 3.22. The minimum absolute atomic E-state index is 0.0532. The molecule has 0 spiro atoms. The molecule has 8 nitrogen and oxygen atoms in total. The minimum Gasteiger partial charge on any atom is -0.491 e. The summed E-state index contributed by atoms with van der Waals surface area (Å²) in [6.45, 7) is 4.64. The van der Waals surface area contributed by atoms with Crippen molar-refractivity contribution in [3.63, 3.8) is 0 Å². The molecule has 3 aromatic heterocycles. The van der Waals surface area contributed by atoms with Crippen molar-refractivity contribution in [3.8, 4) is 16.9 Å². The molecule has 1 fully saturated rings. The lowest BCUT2D eigenvalue weighted by atomic mass is 10.1. The number of hydrogen-bond donors (Lipinski definition) is 0. The molecule has 4 aromatic rings. The van der Waals surface area contributed by atoms with Crippen molar-refractivity contribution in [2.45, 2.75) is 6.54 Å². The molecule has 0 saturated carbocycles. The zero-order valence-corrected chi connectivity index (χ0v) is 20.1. The second-order valence-corrected chi connectivity index (χ2v) is 8.69. The molecule has 0 bridgehead atoms. The Hall–Kier alpha value is -3.62. The van der Waals surface area contributed by atoms with Crippen molar-refractivity contribution in [1.29, 1.82) is 0 Å². The SMILES string of the molecule is COCCOc1cccc(Cn2ccc(-c3cn(C)c4ncc(N5CCOCC5)cc34)cc2=O)c1. The number of aromatic nitrogens is 3. The maximum atomic E-state index is 13.0.